The number of benzene rings is 2. The SMILES string of the molecule is CCOCCCn1c(=O)c2ccccc2n2c(SCCOc3cccc(C)c3)nnc12. The minimum atomic E-state index is -0.0497. The highest BCUT2D eigenvalue weighted by molar-refractivity contribution is 7.99. The van der Waals surface area contributed by atoms with Crippen molar-refractivity contribution in [3.63, 3.8) is 0 Å². The zero-order valence-corrected chi connectivity index (χ0v) is 18.6. The van der Waals surface area contributed by atoms with Crippen LogP contribution in [0.5, 0.6) is 5.75 Å². The van der Waals surface area contributed by atoms with Gasteiger partial charge in [0.05, 0.1) is 17.5 Å². The fraction of sp³-hybridized carbons (Fsp3) is 0.348. The zero-order valence-electron chi connectivity index (χ0n) is 17.8. The summed E-state index contributed by atoms with van der Waals surface area (Å²) in [6.45, 7) is 6.36. The van der Waals surface area contributed by atoms with Gasteiger partial charge in [0.15, 0.2) is 5.16 Å². The summed E-state index contributed by atoms with van der Waals surface area (Å²) in [4.78, 5) is 13.1. The predicted octanol–water partition coefficient (Wildman–Crippen LogP) is 3.95. The van der Waals surface area contributed by atoms with E-state index in [0.717, 1.165) is 22.8 Å². The van der Waals surface area contributed by atoms with Crippen LogP contribution >= 0.6 is 11.8 Å². The summed E-state index contributed by atoms with van der Waals surface area (Å²) in [5, 5.41) is 10.1. The molecule has 0 bridgehead atoms. The molecule has 4 rings (SSSR count). The van der Waals surface area contributed by atoms with Gasteiger partial charge in [-0.1, -0.05) is 36.0 Å². The van der Waals surface area contributed by atoms with Crippen LogP contribution in [0.3, 0.4) is 0 Å². The van der Waals surface area contributed by atoms with Crippen molar-refractivity contribution in [1.82, 2.24) is 19.2 Å². The van der Waals surface area contributed by atoms with E-state index in [1.54, 1.807) is 16.3 Å². The predicted molar refractivity (Wildman–Crippen MR) is 123 cm³/mol. The molecule has 0 amide bonds. The van der Waals surface area contributed by atoms with Crippen LogP contribution in [0.15, 0.2) is 58.5 Å². The summed E-state index contributed by atoms with van der Waals surface area (Å²) in [5.41, 5.74) is 1.93. The second kappa shape index (κ2) is 9.98. The topological polar surface area (TPSA) is 70.7 Å². The van der Waals surface area contributed by atoms with Crippen molar-refractivity contribution in [2.75, 3.05) is 25.6 Å². The maximum Gasteiger partial charge on any atom is 0.262 e. The lowest BCUT2D eigenvalue weighted by atomic mass is 10.2. The highest BCUT2D eigenvalue weighted by atomic mass is 32.2. The van der Waals surface area contributed by atoms with E-state index < -0.39 is 0 Å². The van der Waals surface area contributed by atoms with Gasteiger partial charge in [-0.3, -0.25) is 13.8 Å². The van der Waals surface area contributed by atoms with E-state index in [9.17, 15) is 4.79 Å². The van der Waals surface area contributed by atoms with Crippen LogP contribution in [-0.4, -0.2) is 44.7 Å². The maximum atomic E-state index is 13.1. The zero-order chi connectivity index (χ0) is 21.6. The standard InChI is InChI=1S/C23H26N4O3S/c1-3-29-13-7-12-26-21(28)19-10-4-5-11-20(19)27-22(26)24-25-23(27)31-15-14-30-18-9-6-8-17(2)16-18/h4-6,8-11,16H,3,7,12-15H2,1-2H3. The first kappa shape index (κ1) is 21.4. The van der Waals surface area contributed by atoms with Crippen molar-refractivity contribution in [3.05, 3.63) is 64.4 Å². The maximum absolute atomic E-state index is 13.1. The average molecular weight is 439 g/mol. The fourth-order valence-electron chi connectivity index (χ4n) is 3.50. The third-order valence-corrected chi connectivity index (χ3v) is 5.82. The molecule has 7 nitrogen and oxygen atoms in total. The molecule has 0 atom stereocenters. The highest BCUT2D eigenvalue weighted by Crippen LogP contribution is 2.22. The number of fused-ring (bicyclic) bond motifs is 3. The third kappa shape index (κ3) is 4.75. The Hall–Kier alpha value is -2.84. The molecule has 0 radical (unpaired) electrons. The van der Waals surface area contributed by atoms with Gasteiger partial charge in [0.25, 0.3) is 5.56 Å². The highest BCUT2D eigenvalue weighted by Gasteiger charge is 2.16. The number of ether oxygens (including phenoxy) is 2. The van der Waals surface area contributed by atoms with Crippen molar-refractivity contribution in [3.8, 4) is 5.75 Å². The smallest absolute Gasteiger partial charge is 0.262 e. The molecule has 0 aliphatic carbocycles. The summed E-state index contributed by atoms with van der Waals surface area (Å²) in [5.74, 6) is 2.13. The first-order valence-corrected chi connectivity index (χ1v) is 11.4. The molecule has 0 unspecified atom stereocenters. The van der Waals surface area contributed by atoms with Crippen LogP contribution in [0.4, 0.5) is 0 Å². The number of hydrogen-bond acceptors (Lipinski definition) is 6. The molecule has 0 aliphatic heterocycles. The molecule has 0 saturated carbocycles. The second-order valence-electron chi connectivity index (χ2n) is 7.16. The molecule has 0 N–H and O–H groups in total. The number of hydrogen-bond donors (Lipinski definition) is 0. The Morgan fingerprint density at radius 2 is 1.94 bits per heavy atom. The van der Waals surface area contributed by atoms with Gasteiger partial charge >= 0.3 is 0 Å². The van der Waals surface area contributed by atoms with Crippen LogP contribution < -0.4 is 10.3 Å². The van der Waals surface area contributed by atoms with Gasteiger partial charge in [0.1, 0.15) is 5.75 Å². The molecule has 0 saturated heterocycles. The Morgan fingerprint density at radius 1 is 1.06 bits per heavy atom. The lowest BCUT2D eigenvalue weighted by molar-refractivity contribution is 0.141. The van der Waals surface area contributed by atoms with Crippen LogP contribution in [-0.2, 0) is 11.3 Å². The molecule has 31 heavy (non-hydrogen) atoms. The molecular weight excluding hydrogens is 412 g/mol. The number of thioether (sulfide) groups is 1. The van der Waals surface area contributed by atoms with E-state index in [-0.39, 0.29) is 5.56 Å². The average Bonchev–Trinajstić information content (AvgIpc) is 3.20. The normalized spacial score (nSPS) is 11.4. The summed E-state index contributed by atoms with van der Waals surface area (Å²) in [6.07, 6.45) is 0.738. The summed E-state index contributed by atoms with van der Waals surface area (Å²) in [7, 11) is 0. The molecular formula is C23H26N4O3S. The van der Waals surface area contributed by atoms with Crippen molar-refractivity contribution in [1.29, 1.82) is 0 Å². The lowest BCUT2D eigenvalue weighted by Gasteiger charge is -2.11. The molecule has 8 heteroatoms. The third-order valence-electron chi connectivity index (χ3n) is 4.93. The minimum absolute atomic E-state index is 0.0497. The lowest BCUT2D eigenvalue weighted by Crippen LogP contribution is -2.24. The van der Waals surface area contributed by atoms with Gasteiger partial charge in [0, 0.05) is 25.5 Å². The van der Waals surface area contributed by atoms with Crippen molar-refractivity contribution < 1.29 is 9.47 Å². The Morgan fingerprint density at radius 3 is 2.77 bits per heavy atom. The van der Waals surface area contributed by atoms with E-state index in [1.165, 1.54) is 5.56 Å². The monoisotopic (exact) mass is 438 g/mol. The quantitative estimate of drug-likeness (QED) is 0.276. The summed E-state index contributed by atoms with van der Waals surface area (Å²) < 4.78 is 15.0. The van der Waals surface area contributed by atoms with Gasteiger partial charge in [-0.2, -0.15) is 0 Å². The van der Waals surface area contributed by atoms with E-state index >= 15 is 0 Å². The first-order chi connectivity index (χ1) is 15.2. The van der Waals surface area contributed by atoms with Gasteiger partial charge in [-0.25, -0.2) is 0 Å². The molecule has 2 aromatic carbocycles. The van der Waals surface area contributed by atoms with E-state index in [1.807, 2.05) is 66.8 Å². The minimum Gasteiger partial charge on any atom is -0.493 e. The molecule has 2 heterocycles. The van der Waals surface area contributed by atoms with E-state index in [4.69, 9.17) is 9.47 Å². The van der Waals surface area contributed by atoms with Crippen molar-refractivity contribution in [2.45, 2.75) is 32.0 Å². The molecule has 4 aromatic rings. The van der Waals surface area contributed by atoms with Crippen LogP contribution in [0.2, 0.25) is 0 Å². The number of nitrogens with zero attached hydrogens (tertiary/aromatic N) is 4. The van der Waals surface area contributed by atoms with Gasteiger partial charge in [-0.05, 0) is 50.1 Å². The first-order valence-electron chi connectivity index (χ1n) is 10.5. The number of aromatic nitrogens is 4. The van der Waals surface area contributed by atoms with E-state index in [2.05, 4.69) is 10.2 Å². The van der Waals surface area contributed by atoms with Gasteiger partial charge in [0.2, 0.25) is 5.78 Å². The van der Waals surface area contributed by atoms with Crippen molar-refractivity contribution in [2.24, 2.45) is 0 Å². The van der Waals surface area contributed by atoms with Crippen LogP contribution in [0.25, 0.3) is 16.7 Å². The Labute approximate surface area is 185 Å². The summed E-state index contributed by atoms with van der Waals surface area (Å²) in [6, 6.07) is 15.6. The van der Waals surface area contributed by atoms with E-state index in [0.29, 0.717) is 43.3 Å². The largest absolute Gasteiger partial charge is 0.493 e. The van der Waals surface area contributed by atoms with Crippen LogP contribution in [0.1, 0.15) is 18.9 Å². The number of rotatable bonds is 10. The molecule has 2 aromatic heterocycles. The van der Waals surface area contributed by atoms with Gasteiger partial charge < -0.3 is 9.47 Å². The molecule has 0 fully saturated rings. The summed E-state index contributed by atoms with van der Waals surface area (Å²) >= 11 is 1.57. The molecule has 0 spiro atoms. The Balaban J connectivity index is 1.58. The Kier molecular flexibility index (Phi) is 6.89. The fourth-order valence-corrected chi connectivity index (χ4v) is 4.25. The van der Waals surface area contributed by atoms with Gasteiger partial charge in [-0.15, -0.1) is 10.2 Å². The van der Waals surface area contributed by atoms with Crippen LogP contribution in [0, 0.1) is 6.92 Å². The second-order valence-corrected chi connectivity index (χ2v) is 8.22. The Bertz CT molecular complexity index is 1230. The number of aryl methyl sites for hydroxylation is 2. The van der Waals surface area contributed by atoms with Crippen molar-refractivity contribution >= 4 is 28.4 Å². The molecule has 0 aliphatic rings. The molecule has 162 valence electrons. The number of para-hydroxylation sites is 1.